The second-order valence-electron chi connectivity index (χ2n) is 4.37. The summed E-state index contributed by atoms with van der Waals surface area (Å²) in [4.78, 5) is 16.0. The summed E-state index contributed by atoms with van der Waals surface area (Å²) >= 11 is 0. The maximum atomic E-state index is 11.6. The zero-order valence-corrected chi connectivity index (χ0v) is 11.1. The van der Waals surface area contributed by atoms with E-state index in [1.165, 1.54) is 0 Å². The van der Waals surface area contributed by atoms with Crippen LogP contribution in [0.2, 0.25) is 0 Å². The molecule has 0 atom stereocenters. The Labute approximate surface area is 116 Å². The minimum Gasteiger partial charge on any atom is -0.462 e. The largest absolute Gasteiger partial charge is 0.462 e. The lowest BCUT2D eigenvalue weighted by Crippen LogP contribution is -2.04. The Morgan fingerprint density at radius 1 is 1.15 bits per heavy atom. The van der Waals surface area contributed by atoms with Crippen molar-refractivity contribution in [3.8, 4) is 5.69 Å². The summed E-state index contributed by atoms with van der Waals surface area (Å²) in [5.41, 5.74) is 3.50. The second-order valence-corrected chi connectivity index (χ2v) is 4.37. The van der Waals surface area contributed by atoms with Gasteiger partial charge in [0.05, 0.1) is 23.2 Å². The fraction of sp³-hybridized carbons (Fsp3) is 0.125. The van der Waals surface area contributed by atoms with Crippen LogP contribution in [0.4, 0.5) is 0 Å². The van der Waals surface area contributed by atoms with Crippen LogP contribution in [0, 0.1) is 0 Å². The van der Waals surface area contributed by atoms with Gasteiger partial charge in [0.2, 0.25) is 0 Å². The standard InChI is InChI=1S/C16H14N2O2/c1-2-20-16(19)12-7-9-13(10-8-12)18-11-17-14-5-3-4-6-15(14)18/h3-11H,2H2,1H3. The third-order valence-corrected chi connectivity index (χ3v) is 3.11. The highest BCUT2D eigenvalue weighted by atomic mass is 16.5. The Kier molecular flexibility index (Phi) is 3.21. The Bertz CT molecular complexity index is 745. The van der Waals surface area contributed by atoms with Crippen LogP contribution >= 0.6 is 0 Å². The van der Waals surface area contributed by atoms with Crippen molar-refractivity contribution >= 4 is 17.0 Å². The Morgan fingerprint density at radius 3 is 2.65 bits per heavy atom. The van der Waals surface area contributed by atoms with E-state index in [1.807, 2.05) is 41.0 Å². The molecule has 0 unspecified atom stereocenters. The summed E-state index contributed by atoms with van der Waals surface area (Å²) in [6.45, 7) is 2.18. The molecule has 1 aromatic heterocycles. The van der Waals surface area contributed by atoms with Crippen LogP contribution in [0.5, 0.6) is 0 Å². The first-order valence-corrected chi connectivity index (χ1v) is 6.49. The van der Waals surface area contributed by atoms with E-state index in [9.17, 15) is 4.79 Å². The lowest BCUT2D eigenvalue weighted by molar-refractivity contribution is 0.0526. The van der Waals surface area contributed by atoms with Crippen molar-refractivity contribution in [2.75, 3.05) is 6.61 Å². The molecule has 0 aliphatic heterocycles. The van der Waals surface area contributed by atoms with Gasteiger partial charge in [-0.15, -0.1) is 0 Å². The monoisotopic (exact) mass is 266 g/mol. The lowest BCUT2D eigenvalue weighted by atomic mass is 10.2. The first-order chi connectivity index (χ1) is 9.79. The molecule has 0 fully saturated rings. The molecule has 0 aliphatic rings. The van der Waals surface area contributed by atoms with Crippen LogP contribution in [-0.2, 0) is 4.74 Å². The van der Waals surface area contributed by atoms with E-state index in [2.05, 4.69) is 4.98 Å². The van der Waals surface area contributed by atoms with Crippen molar-refractivity contribution < 1.29 is 9.53 Å². The molecule has 0 radical (unpaired) electrons. The molecule has 4 nitrogen and oxygen atoms in total. The molecule has 0 amide bonds. The van der Waals surface area contributed by atoms with Gasteiger partial charge in [0.1, 0.15) is 6.33 Å². The summed E-state index contributed by atoms with van der Waals surface area (Å²) in [5.74, 6) is -0.297. The normalized spacial score (nSPS) is 10.7. The molecular formula is C16H14N2O2. The molecule has 1 heterocycles. The number of fused-ring (bicyclic) bond motifs is 1. The minimum absolute atomic E-state index is 0.297. The Balaban J connectivity index is 1.97. The maximum absolute atomic E-state index is 11.6. The number of hydrogen-bond donors (Lipinski definition) is 0. The number of aromatic nitrogens is 2. The predicted octanol–water partition coefficient (Wildman–Crippen LogP) is 3.20. The van der Waals surface area contributed by atoms with E-state index in [4.69, 9.17) is 4.74 Å². The van der Waals surface area contributed by atoms with Crippen LogP contribution in [0.15, 0.2) is 54.9 Å². The molecular weight excluding hydrogens is 252 g/mol. The molecule has 100 valence electrons. The predicted molar refractivity (Wildman–Crippen MR) is 77.0 cm³/mol. The zero-order valence-electron chi connectivity index (χ0n) is 11.1. The van der Waals surface area contributed by atoms with Gasteiger partial charge in [-0.2, -0.15) is 0 Å². The molecule has 2 aromatic carbocycles. The zero-order chi connectivity index (χ0) is 13.9. The fourth-order valence-electron chi connectivity index (χ4n) is 2.14. The average molecular weight is 266 g/mol. The maximum Gasteiger partial charge on any atom is 0.338 e. The van der Waals surface area contributed by atoms with Crippen LogP contribution in [0.3, 0.4) is 0 Å². The van der Waals surface area contributed by atoms with Gasteiger partial charge in [-0.05, 0) is 43.3 Å². The van der Waals surface area contributed by atoms with Gasteiger partial charge < -0.3 is 4.74 Å². The summed E-state index contributed by atoms with van der Waals surface area (Å²) in [6.07, 6.45) is 1.78. The van der Waals surface area contributed by atoms with E-state index in [-0.39, 0.29) is 5.97 Å². The first-order valence-electron chi connectivity index (χ1n) is 6.49. The third-order valence-electron chi connectivity index (χ3n) is 3.11. The summed E-state index contributed by atoms with van der Waals surface area (Å²) in [6, 6.07) is 15.2. The van der Waals surface area contributed by atoms with Crippen LogP contribution in [-0.4, -0.2) is 22.1 Å². The minimum atomic E-state index is -0.297. The highest BCUT2D eigenvalue weighted by molar-refractivity contribution is 5.89. The summed E-state index contributed by atoms with van der Waals surface area (Å²) in [7, 11) is 0. The Hall–Kier alpha value is -2.62. The molecule has 4 heteroatoms. The van der Waals surface area contributed by atoms with Crippen LogP contribution in [0.1, 0.15) is 17.3 Å². The number of para-hydroxylation sites is 2. The topological polar surface area (TPSA) is 44.1 Å². The van der Waals surface area contributed by atoms with Crippen molar-refractivity contribution in [3.63, 3.8) is 0 Å². The van der Waals surface area contributed by atoms with Crippen molar-refractivity contribution in [1.82, 2.24) is 9.55 Å². The summed E-state index contributed by atoms with van der Waals surface area (Å²) in [5, 5.41) is 0. The second kappa shape index (κ2) is 5.17. The number of carbonyl (C=O) groups excluding carboxylic acids is 1. The first kappa shape index (κ1) is 12.4. The molecule has 0 saturated heterocycles. The quantitative estimate of drug-likeness (QED) is 0.684. The number of hydrogen-bond acceptors (Lipinski definition) is 3. The number of ether oxygens (including phenoxy) is 1. The molecule has 0 bridgehead atoms. The van der Waals surface area contributed by atoms with Gasteiger partial charge in [-0.25, -0.2) is 9.78 Å². The molecule has 0 saturated carbocycles. The van der Waals surface area contributed by atoms with Crippen molar-refractivity contribution in [2.24, 2.45) is 0 Å². The molecule has 0 spiro atoms. The SMILES string of the molecule is CCOC(=O)c1ccc(-n2cnc3ccccc32)cc1. The van der Waals surface area contributed by atoms with Crippen LogP contribution < -0.4 is 0 Å². The number of esters is 1. The van der Waals surface area contributed by atoms with E-state index in [1.54, 1.807) is 25.4 Å². The number of rotatable bonds is 3. The van der Waals surface area contributed by atoms with Crippen LogP contribution in [0.25, 0.3) is 16.7 Å². The van der Waals surface area contributed by atoms with Gasteiger partial charge in [0, 0.05) is 5.69 Å². The van der Waals surface area contributed by atoms with Gasteiger partial charge in [0.15, 0.2) is 0 Å². The highest BCUT2D eigenvalue weighted by Gasteiger charge is 2.07. The fourth-order valence-corrected chi connectivity index (χ4v) is 2.14. The summed E-state index contributed by atoms with van der Waals surface area (Å²) < 4.78 is 6.96. The number of nitrogens with zero attached hydrogens (tertiary/aromatic N) is 2. The number of benzene rings is 2. The van der Waals surface area contributed by atoms with E-state index in [0.29, 0.717) is 12.2 Å². The third kappa shape index (κ3) is 2.16. The van der Waals surface area contributed by atoms with E-state index >= 15 is 0 Å². The van der Waals surface area contributed by atoms with Gasteiger partial charge in [0.25, 0.3) is 0 Å². The number of carbonyl (C=O) groups is 1. The molecule has 0 aliphatic carbocycles. The Morgan fingerprint density at radius 2 is 1.90 bits per heavy atom. The van der Waals surface area contributed by atoms with Gasteiger partial charge in [-0.3, -0.25) is 4.57 Å². The van der Waals surface area contributed by atoms with Crippen molar-refractivity contribution in [1.29, 1.82) is 0 Å². The number of imidazole rings is 1. The lowest BCUT2D eigenvalue weighted by Gasteiger charge is -2.06. The molecule has 0 N–H and O–H groups in total. The van der Waals surface area contributed by atoms with E-state index in [0.717, 1.165) is 16.7 Å². The van der Waals surface area contributed by atoms with Gasteiger partial charge in [-0.1, -0.05) is 12.1 Å². The van der Waals surface area contributed by atoms with Gasteiger partial charge >= 0.3 is 5.97 Å². The van der Waals surface area contributed by atoms with Crippen molar-refractivity contribution in [2.45, 2.75) is 6.92 Å². The average Bonchev–Trinajstić information content (AvgIpc) is 2.92. The van der Waals surface area contributed by atoms with Crippen molar-refractivity contribution in [3.05, 3.63) is 60.4 Å². The highest BCUT2D eigenvalue weighted by Crippen LogP contribution is 2.18. The van der Waals surface area contributed by atoms with E-state index < -0.39 is 0 Å². The smallest absolute Gasteiger partial charge is 0.338 e. The molecule has 3 rings (SSSR count). The molecule has 20 heavy (non-hydrogen) atoms. The molecule has 3 aromatic rings.